The molecule has 1 atom stereocenters. The summed E-state index contributed by atoms with van der Waals surface area (Å²) in [6.45, 7) is 2.26. The van der Waals surface area contributed by atoms with E-state index in [1.54, 1.807) is 6.07 Å². The van der Waals surface area contributed by atoms with Gasteiger partial charge in [0.2, 0.25) is 5.91 Å². The van der Waals surface area contributed by atoms with Crippen LogP contribution in [0.15, 0.2) is 42.5 Å². The first-order valence-electron chi connectivity index (χ1n) is 8.08. The molecule has 0 aromatic heterocycles. The lowest BCUT2D eigenvalue weighted by Gasteiger charge is -2.20. The molecule has 4 heteroatoms. The maximum absolute atomic E-state index is 14.6. The van der Waals surface area contributed by atoms with Crippen LogP contribution in [0.1, 0.15) is 29.0 Å². The number of benzene rings is 2. The minimum absolute atomic E-state index is 0.0144. The number of halogens is 1. The number of nitrogens with one attached hydrogen (secondary N) is 1. The molecule has 2 aliphatic rings. The molecule has 4 rings (SSSR count). The number of amides is 1. The second-order valence-corrected chi connectivity index (χ2v) is 6.36. The first-order chi connectivity index (χ1) is 11.2. The van der Waals surface area contributed by atoms with Gasteiger partial charge in [-0.15, -0.1) is 0 Å². The van der Waals surface area contributed by atoms with E-state index < -0.39 is 0 Å². The molecule has 118 valence electrons. The van der Waals surface area contributed by atoms with Crippen molar-refractivity contribution in [2.45, 2.75) is 25.3 Å². The van der Waals surface area contributed by atoms with Crippen molar-refractivity contribution >= 4 is 11.6 Å². The summed E-state index contributed by atoms with van der Waals surface area (Å²) in [5.74, 6) is -0.207. The van der Waals surface area contributed by atoms with Gasteiger partial charge in [-0.1, -0.05) is 36.4 Å². The van der Waals surface area contributed by atoms with E-state index in [-0.39, 0.29) is 17.6 Å². The molecule has 3 nitrogen and oxygen atoms in total. The van der Waals surface area contributed by atoms with Crippen LogP contribution in [0.5, 0.6) is 0 Å². The van der Waals surface area contributed by atoms with Gasteiger partial charge in [-0.2, -0.15) is 0 Å². The third kappa shape index (κ3) is 2.69. The number of hydrogen-bond donors (Lipinski definition) is 1. The minimum Gasteiger partial charge on any atom is -0.367 e. The largest absolute Gasteiger partial charge is 0.367 e. The van der Waals surface area contributed by atoms with Crippen molar-refractivity contribution in [3.05, 3.63) is 65.0 Å². The van der Waals surface area contributed by atoms with Gasteiger partial charge in [0.25, 0.3) is 0 Å². The van der Waals surface area contributed by atoms with Crippen molar-refractivity contribution in [1.29, 1.82) is 0 Å². The van der Waals surface area contributed by atoms with Gasteiger partial charge in [0, 0.05) is 37.7 Å². The minimum atomic E-state index is -0.190. The molecule has 0 bridgehead atoms. The lowest BCUT2D eigenvalue weighted by atomic mass is 9.95. The van der Waals surface area contributed by atoms with Crippen molar-refractivity contribution < 1.29 is 9.18 Å². The fraction of sp³-hybridized carbons (Fsp3) is 0.316. The van der Waals surface area contributed by atoms with E-state index >= 15 is 0 Å². The van der Waals surface area contributed by atoms with Crippen LogP contribution in [-0.4, -0.2) is 19.0 Å². The number of rotatable bonds is 3. The average molecular weight is 310 g/mol. The molecule has 2 aromatic rings. The normalized spacial score (nSPS) is 19.8. The van der Waals surface area contributed by atoms with Crippen molar-refractivity contribution in [3.63, 3.8) is 0 Å². The van der Waals surface area contributed by atoms with Crippen LogP contribution < -0.4 is 10.2 Å². The molecule has 23 heavy (non-hydrogen) atoms. The highest BCUT2D eigenvalue weighted by molar-refractivity contribution is 5.79. The molecule has 0 unspecified atom stereocenters. The summed E-state index contributed by atoms with van der Waals surface area (Å²) in [4.78, 5) is 13.6. The van der Waals surface area contributed by atoms with Crippen molar-refractivity contribution in [3.8, 4) is 0 Å². The van der Waals surface area contributed by atoms with E-state index in [0.29, 0.717) is 18.5 Å². The molecule has 2 aliphatic heterocycles. The molecule has 1 N–H and O–H groups in total. The standard InChI is InChI=1S/C19H19FN2O/c20-17-10-18-14(8-16(17)15-9-19(23)21-11-15)6-7-22(18)12-13-4-2-1-3-5-13/h1-5,8,10,15H,6-7,9,11-12H2,(H,21,23)/t15-/m0/s1. The molecule has 0 spiro atoms. The monoisotopic (exact) mass is 310 g/mol. The van der Waals surface area contributed by atoms with Crippen molar-refractivity contribution in [1.82, 2.24) is 5.32 Å². The van der Waals surface area contributed by atoms with Crippen LogP contribution in [0.3, 0.4) is 0 Å². The average Bonchev–Trinajstić information content (AvgIpc) is 3.14. The predicted octanol–water partition coefficient (Wildman–Crippen LogP) is 2.99. The highest BCUT2D eigenvalue weighted by Crippen LogP contribution is 2.35. The van der Waals surface area contributed by atoms with Gasteiger partial charge in [0.15, 0.2) is 0 Å². The van der Waals surface area contributed by atoms with E-state index in [4.69, 9.17) is 0 Å². The summed E-state index contributed by atoms with van der Waals surface area (Å²) in [6.07, 6.45) is 1.33. The summed E-state index contributed by atoms with van der Waals surface area (Å²) in [6, 6.07) is 13.9. The van der Waals surface area contributed by atoms with Crippen LogP contribution >= 0.6 is 0 Å². The molecular formula is C19H19FN2O. The Morgan fingerprint density at radius 1 is 1.22 bits per heavy atom. The summed E-state index contributed by atoms with van der Waals surface area (Å²) in [5.41, 5.74) is 4.10. The zero-order chi connectivity index (χ0) is 15.8. The summed E-state index contributed by atoms with van der Waals surface area (Å²) in [7, 11) is 0. The summed E-state index contributed by atoms with van der Waals surface area (Å²) >= 11 is 0. The highest BCUT2D eigenvalue weighted by atomic mass is 19.1. The zero-order valence-corrected chi connectivity index (χ0v) is 12.9. The molecule has 1 saturated heterocycles. The van der Waals surface area contributed by atoms with Crippen molar-refractivity contribution in [2.24, 2.45) is 0 Å². The Labute approximate surface area is 135 Å². The summed E-state index contributed by atoms with van der Waals surface area (Å²) in [5, 5.41) is 2.79. The maximum atomic E-state index is 14.6. The molecule has 0 saturated carbocycles. The topological polar surface area (TPSA) is 32.3 Å². The van der Waals surface area contributed by atoms with E-state index in [0.717, 1.165) is 25.2 Å². The van der Waals surface area contributed by atoms with Gasteiger partial charge in [0.1, 0.15) is 5.82 Å². The second-order valence-electron chi connectivity index (χ2n) is 6.36. The van der Waals surface area contributed by atoms with Gasteiger partial charge < -0.3 is 10.2 Å². The van der Waals surface area contributed by atoms with E-state index in [1.807, 2.05) is 24.3 Å². The number of carbonyl (C=O) groups excluding carboxylic acids is 1. The van der Waals surface area contributed by atoms with E-state index in [2.05, 4.69) is 22.3 Å². The predicted molar refractivity (Wildman–Crippen MR) is 88.0 cm³/mol. The molecule has 0 aliphatic carbocycles. The smallest absolute Gasteiger partial charge is 0.220 e. The maximum Gasteiger partial charge on any atom is 0.220 e. The Kier molecular flexibility index (Phi) is 3.52. The lowest BCUT2D eigenvalue weighted by molar-refractivity contribution is -0.119. The van der Waals surface area contributed by atoms with Gasteiger partial charge in [-0.05, 0) is 29.2 Å². The Balaban J connectivity index is 1.60. The van der Waals surface area contributed by atoms with E-state index in [9.17, 15) is 9.18 Å². The molecule has 2 aromatic carbocycles. The Hall–Kier alpha value is -2.36. The fourth-order valence-electron chi connectivity index (χ4n) is 3.60. The third-order valence-corrected chi connectivity index (χ3v) is 4.82. The number of anilines is 1. The quantitative estimate of drug-likeness (QED) is 0.945. The zero-order valence-electron chi connectivity index (χ0n) is 12.9. The highest BCUT2D eigenvalue weighted by Gasteiger charge is 2.28. The molecule has 1 amide bonds. The first kappa shape index (κ1) is 14.2. The first-order valence-corrected chi connectivity index (χ1v) is 8.08. The SMILES string of the molecule is O=C1C[C@H](c2cc3c(cc2F)N(Cc2ccccc2)CC3)CN1. The van der Waals surface area contributed by atoms with Gasteiger partial charge in [-0.3, -0.25) is 4.79 Å². The number of nitrogens with zero attached hydrogens (tertiary/aromatic N) is 1. The lowest BCUT2D eigenvalue weighted by Crippen LogP contribution is -2.19. The summed E-state index contributed by atoms with van der Waals surface area (Å²) < 4.78 is 14.6. The van der Waals surface area contributed by atoms with Crippen LogP contribution in [-0.2, 0) is 17.8 Å². The Bertz CT molecular complexity index is 745. The number of carbonyl (C=O) groups is 1. The molecular weight excluding hydrogens is 291 g/mol. The van der Waals surface area contributed by atoms with Crippen LogP contribution in [0, 0.1) is 5.82 Å². The van der Waals surface area contributed by atoms with Crippen LogP contribution in [0.4, 0.5) is 10.1 Å². The van der Waals surface area contributed by atoms with Crippen LogP contribution in [0.25, 0.3) is 0 Å². The third-order valence-electron chi connectivity index (χ3n) is 4.82. The van der Waals surface area contributed by atoms with Gasteiger partial charge in [0.05, 0.1) is 0 Å². The second kappa shape index (κ2) is 5.69. The van der Waals surface area contributed by atoms with Crippen LogP contribution in [0.2, 0.25) is 0 Å². The molecule has 1 fully saturated rings. The van der Waals surface area contributed by atoms with Gasteiger partial charge in [-0.25, -0.2) is 4.39 Å². The molecule has 2 heterocycles. The van der Waals surface area contributed by atoms with E-state index in [1.165, 1.54) is 11.1 Å². The fourth-order valence-corrected chi connectivity index (χ4v) is 3.60. The van der Waals surface area contributed by atoms with Gasteiger partial charge >= 0.3 is 0 Å². The Morgan fingerprint density at radius 3 is 2.78 bits per heavy atom. The number of hydrogen-bond acceptors (Lipinski definition) is 2. The molecule has 0 radical (unpaired) electrons. The van der Waals surface area contributed by atoms with Crippen molar-refractivity contribution in [2.75, 3.05) is 18.0 Å². The number of fused-ring (bicyclic) bond motifs is 1. The Morgan fingerprint density at radius 2 is 2.04 bits per heavy atom.